The lowest BCUT2D eigenvalue weighted by Gasteiger charge is -2.35. The molecule has 4 aliphatic rings. The van der Waals surface area contributed by atoms with Crippen molar-refractivity contribution in [2.45, 2.75) is 50.2 Å². The van der Waals surface area contributed by atoms with Gasteiger partial charge >= 0.3 is 6.01 Å². The third-order valence-corrected chi connectivity index (χ3v) is 10.4. The van der Waals surface area contributed by atoms with Gasteiger partial charge in [0.15, 0.2) is 5.82 Å². The van der Waals surface area contributed by atoms with Gasteiger partial charge in [-0.3, -0.25) is 9.88 Å². The zero-order valence-corrected chi connectivity index (χ0v) is 24.2. The van der Waals surface area contributed by atoms with Gasteiger partial charge < -0.3 is 14.7 Å². The average Bonchev–Trinajstić information content (AvgIpc) is 3.65. The van der Waals surface area contributed by atoms with Crippen LogP contribution in [0.1, 0.15) is 44.1 Å². The van der Waals surface area contributed by atoms with Crippen LogP contribution in [0, 0.1) is 35.8 Å². The number of terminal acetylenes is 1. The third kappa shape index (κ3) is 4.20. The molecule has 0 amide bonds. The van der Waals surface area contributed by atoms with Gasteiger partial charge in [-0.1, -0.05) is 12.0 Å². The largest absolute Gasteiger partial charge is 0.508 e. The first-order chi connectivity index (χ1) is 21.3. The second-order valence-corrected chi connectivity index (χ2v) is 12.8. The number of phenolic OH excluding ortho intramolecular Hbond substituents is 1. The normalized spacial score (nSPS) is 24.2. The number of alkyl halides is 1. The Bertz CT molecular complexity index is 1840. The summed E-state index contributed by atoms with van der Waals surface area (Å²) < 4.78 is 52.7. The van der Waals surface area contributed by atoms with Crippen molar-refractivity contribution >= 4 is 27.5 Å². The molecule has 2 bridgehead atoms. The lowest BCUT2D eigenvalue weighted by atomic mass is 9.95. The minimum Gasteiger partial charge on any atom is -0.508 e. The van der Waals surface area contributed by atoms with Crippen molar-refractivity contribution < 1.29 is 23.0 Å². The number of rotatable bonds is 5. The van der Waals surface area contributed by atoms with E-state index in [2.05, 4.69) is 20.8 Å². The van der Waals surface area contributed by atoms with Crippen molar-refractivity contribution in [3.63, 3.8) is 0 Å². The predicted molar refractivity (Wildman–Crippen MR) is 161 cm³/mol. The summed E-state index contributed by atoms with van der Waals surface area (Å²) in [4.78, 5) is 18.3. The van der Waals surface area contributed by atoms with Crippen molar-refractivity contribution in [1.29, 1.82) is 0 Å². The van der Waals surface area contributed by atoms with E-state index in [0.717, 1.165) is 51.6 Å². The standard InChI is InChI=1S/C34H32F3N5O2/c1-2-23-26(35)8-7-19-13-22(43)14-24(27(19)23)30-29(37)31-25(15-38-30)32(41-16-20-5-6-21(17-41)28(20)36)40-33(39-31)44-18-34-9-3-11-42(34)12-4-10-34/h1,7-8,13-15,20-21,28,43H,3-6,9-12,16-18H2. The number of aromatic hydroxyl groups is 1. The van der Waals surface area contributed by atoms with Crippen molar-refractivity contribution in [3.05, 3.63) is 47.7 Å². The van der Waals surface area contributed by atoms with Crippen LogP contribution in [0.5, 0.6) is 11.8 Å². The van der Waals surface area contributed by atoms with E-state index >= 15 is 4.39 Å². The van der Waals surface area contributed by atoms with E-state index in [1.54, 1.807) is 0 Å². The Labute approximate surface area is 253 Å². The molecule has 1 aliphatic carbocycles. The highest BCUT2D eigenvalue weighted by molar-refractivity contribution is 6.03. The van der Waals surface area contributed by atoms with E-state index in [1.165, 1.54) is 30.5 Å². The van der Waals surface area contributed by atoms with E-state index in [-0.39, 0.29) is 56.9 Å². The lowest BCUT2D eigenvalue weighted by molar-refractivity contribution is 0.107. The van der Waals surface area contributed by atoms with E-state index < -0.39 is 17.8 Å². The van der Waals surface area contributed by atoms with E-state index in [9.17, 15) is 13.9 Å². The van der Waals surface area contributed by atoms with Crippen molar-refractivity contribution in [1.82, 2.24) is 19.9 Å². The van der Waals surface area contributed by atoms with Gasteiger partial charge in [0.1, 0.15) is 41.4 Å². The second kappa shape index (κ2) is 10.2. The van der Waals surface area contributed by atoms with Gasteiger partial charge in [-0.2, -0.15) is 9.97 Å². The number of nitrogens with zero attached hydrogens (tertiary/aromatic N) is 5. The van der Waals surface area contributed by atoms with Crippen LogP contribution in [-0.2, 0) is 0 Å². The van der Waals surface area contributed by atoms with Crippen LogP contribution in [0.15, 0.2) is 30.5 Å². The van der Waals surface area contributed by atoms with E-state index in [1.807, 2.05) is 4.90 Å². The van der Waals surface area contributed by atoms with Crippen LogP contribution in [0.25, 0.3) is 32.9 Å². The summed E-state index contributed by atoms with van der Waals surface area (Å²) in [6.45, 7) is 3.40. The summed E-state index contributed by atoms with van der Waals surface area (Å²) in [6.07, 6.45) is 12.2. The number of hydrogen-bond acceptors (Lipinski definition) is 7. The van der Waals surface area contributed by atoms with Crippen molar-refractivity contribution in [2.24, 2.45) is 11.8 Å². The molecule has 2 aromatic heterocycles. The van der Waals surface area contributed by atoms with Crippen LogP contribution in [0.2, 0.25) is 0 Å². The molecule has 44 heavy (non-hydrogen) atoms. The highest BCUT2D eigenvalue weighted by Crippen LogP contribution is 2.44. The molecule has 0 radical (unpaired) electrons. The number of hydrogen-bond donors (Lipinski definition) is 1. The molecule has 5 heterocycles. The zero-order valence-electron chi connectivity index (χ0n) is 24.2. The first-order valence-electron chi connectivity index (χ1n) is 15.4. The molecule has 1 saturated carbocycles. The van der Waals surface area contributed by atoms with Gasteiger partial charge in [-0.05, 0) is 75.2 Å². The van der Waals surface area contributed by atoms with Crippen LogP contribution in [0.4, 0.5) is 19.0 Å². The number of ether oxygens (including phenoxy) is 1. The minimum atomic E-state index is -0.851. The molecule has 4 fully saturated rings. The molecular formula is C34H32F3N5O2. The van der Waals surface area contributed by atoms with Gasteiger partial charge in [-0.25, -0.2) is 13.2 Å². The van der Waals surface area contributed by atoms with Gasteiger partial charge in [-0.15, -0.1) is 6.42 Å². The molecule has 2 aromatic carbocycles. The third-order valence-electron chi connectivity index (χ3n) is 10.4. The topological polar surface area (TPSA) is 74.6 Å². The Morgan fingerprint density at radius 1 is 1.07 bits per heavy atom. The Kier molecular flexibility index (Phi) is 6.38. The molecular weight excluding hydrogens is 567 g/mol. The number of halogens is 3. The SMILES string of the molecule is C#Cc1c(F)ccc2cc(O)cc(-c3ncc4c(N5CC6CCC(C5)C6F)nc(OCC56CCCN5CCC6)nc4c3F)c12. The van der Waals surface area contributed by atoms with Crippen molar-refractivity contribution in [3.8, 4) is 35.4 Å². The Morgan fingerprint density at radius 3 is 2.55 bits per heavy atom. The van der Waals surface area contributed by atoms with Crippen LogP contribution >= 0.6 is 0 Å². The molecule has 10 heteroatoms. The number of pyridine rings is 1. The summed E-state index contributed by atoms with van der Waals surface area (Å²) in [6, 6.07) is 5.54. The fraction of sp³-hybridized carbons (Fsp3) is 0.441. The van der Waals surface area contributed by atoms with Gasteiger partial charge in [0.25, 0.3) is 0 Å². The summed E-state index contributed by atoms with van der Waals surface area (Å²) in [5.74, 6) is 1.08. The number of aromatic nitrogens is 3. The highest BCUT2D eigenvalue weighted by atomic mass is 19.1. The fourth-order valence-corrected chi connectivity index (χ4v) is 8.26. The molecule has 7 nitrogen and oxygen atoms in total. The lowest BCUT2D eigenvalue weighted by Crippen LogP contribution is -2.44. The Balaban J connectivity index is 1.28. The quantitative estimate of drug-likeness (QED) is 0.282. The summed E-state index contributed by atoms with van der Waals surface area (Å²) in [5.41, 5.74) is -0.102. The van der Waals surface area contributed by atoms with E-state index in [0.29, 0.717) is 36.3 Å². The molecule has 2 atom stereocenters. The Hall–Kier alpha value is -4.10. The van der Waals surface area contributed by atoms with Gasteiger partial charge in [0, 0.05) is 42.1 Å². The van der Waals surface area contributed by atoms with Gasteiger partial charge in [0.05, 0.1) is 16.5 Å². The number of phenols is 1. The monoisotopic (exact) mass is 599 g/mol. The maximum absolute atomic E-state index is 16.7. The van der Waals surface area contributed by atoms with Crippen LogP contribution in [-0.4, -0.2) is 69.5 Å². The van der Waals surface area contributed by atoms with E-state index in [4.69, 9.17) is 16.1 Å². The molecule has 3 saturated heterocycles. The van der Waals surface area contributed by atoms with Crippen LogP contribution in [0.3, 0.4) is 0 Å². The molecule has 1 N–H and O–H groups in total. The molecule has 4 aromatic rings. The number of fused-ring (bicyclic) bond motifs is 5. The average molecular weight is 600 g/mol. The first kappa shape index (κ1) is 27.4. The molecule has 3 aliphatic heterocycles. The minimum absolute atomic E-state index is 0.00734. The van der Waals surface area contributed by atoms with Crippen molar-refractivity contribution in [2.75, 3.05) is 37.7 Å². The maximum atomic E-state index is 16.7. The summed E-state index contributed by atoms with van der Waals surface area (Å²) in [5, 5.41) is 11.6. The molecule has 2 unspecified atom stereocenters. The summed E-state index contributed by atoms with van der Waals surface area (Å²) >= 11 is 0. The molecule has 0 spiro atoms. The fourth-order valence-electron chi connectivity index (χ4n) is 8.26. The highest BCUT2D eigenvalue weighted by Gasteiger charge is 2.46. The molecule has 8 rings (SSSR count). The predicted octanol–water partition coefficient (Wildman–Crippen LogP) is 6.00. The number of piperidine rings is 1. The second-order valence-electron chi connectivity index (χ2n) is 12.8. The van der Waals surface area contributed by atoms with Crippen LogP contribution < -0.4 is 9.64 Å². The molecule has 226 valence electrons. The first-order valence-corrected chi connectivity index (χ1v) is 15.4. The van der Waals surface area contributed by atoms with Gasteiger partial charge in [0.2, 0.25) is 0 Å². The number of anilines is 1. The zero-order chi connectivity index (χ0) is 30.2. The number of benzene rings is 2. The smallest absolute Gasteiger partial charge is 0.319 e. The Morgan fingerprint density at radius 2 is 1.82 bits per heavy atom. The maximum Gasteiger partial charge on any atom is 0.319 e. The summed E-state index contributed by atoms with van der Waals surface area (Å²) in [7, 11) is 0.